The minimum absolute atomic E-state index is 0.00986. The van der Waals surface area contributed by atoms with Crippen molar-refractivity contribution in [2.75, 3.05) is 13.2 Å². The Labute approximate surface area is 109 Å². The molecule has 0 bridgehead atoms. The summed E-state index contributed by atoms with van der Waals surface area (Å²) in [5, 5.41) is 2.57. The number of hydrogen-bond donors (Lipinski definition) is 1. The molecule has 0 fully saturated rings. The van der Waals surface area contributed by atoms with E-state index in [-0.39, 0.29) is 11.8 Å². The van der Waals surface area contributed by atoms with Crippen LogP contribution in [-0.4, -0.2) is 31.3 Å². The van der Waals surface area contributed by atoms with Crippen molar-refractivity contribution in [3.05, 3.63) is 0 Å². The molecule has 106 valence electrons. The normalized spacial score (nSPS) is 13.9. The minimum Gasteiger partial charge on any atom is -0.464 e. The van der Waals surface area contributed by atoms with Crippen LogP contribution in [0.4, 0.5) is 4.79 Å². The van der Waals surface area contributed by atoms with Crippen LogP contribution in [0.15, 0.2) is 0 Å². The molecule has 0 heterocycles. The summed E-state index contributed by atoms with van der Waals surface area (Å²) >= 11 is 0. The van der Waals surface area contributed by atoms with Crippen LogP contribution in [0.5, 0.6) is 0 Å². The van der Waals surface area contributed by atoms with E-state index in [2.05, 4.69) is 5.32 Å². The van der Waals surface area contributed by atoms with Crippen LogP contribution in [0.3, 0.4) is 0 Å². The highest BCUT2D eigenvalue weighted by atomic mass is 16.6. The highest BCUT2D eigenvalue weighted by Crippen LogP contribution is 2.10. The SMILES string of the molecule is CCOC(=O)C(NC(=O)OCC(C)C)C(C)CC. The number of amides is 1. The molecule has 0 aromatic rings. The quantitative estimate of drug-likeness (QED) is 0.713. The number of hydrogen-bond acceptors (Lipinski definition) is 4. The van der Waals surface area contributed by atoms with Gasteiger partial charge in [-0.3, -0.25) is 0 Å². The third-order valence-corrected chi connectivity index (χ3v) is 2.57. The van der Waals surface area contributed by atoms with Gasteiger partial charge in [0.1, 0.15) is 6.04 Å². The summed E-state index contributed by atoms with van der Waals surface area (Å²) in [5.74, 6) is -0.135. The van der Waals surface area contributed by atoms with Crippen LogP contribution in [0.1, 0.15) is 41.0 Å². The lowest BCUT2D eigenvalue weighted by Crippen LogP contribution is -2.46. The van der Waals surface area contributed by atoms with E-state index in [1.807, 2.05) is 27.7 Å². The third-order valence-electron chi connectivity index (χ3n) is 2.57. The van der Waals surface area contributed by atoms with Crippen LogP contribution in [0.2, 0.25) is 0 Å². The Morgan fingerprint density at radius 2 is 1.72 bits per heavy atom. The lowest BCUT2D eigenvalue weighted by atomic mass is 9.99. The average molecular weight is 259 g/mol. The molecule has 18 heavy (non-hydrogen) atoms. The molecule has 0 spiro atoms. The summed E-state index contributed by atoms with van der Waals surface area (Å²) in [7, 11) is 0. The lowest BCUT2D eigenvalue weighted by Gasteiger charge is -2.22. The predicted molar refractivity (Wildman–Crippen MR) is 69.2 cm³/mol. The van der Waals surface area contributed by atoms with E-state index < -0.39 is 18.1 Å². The Balaban J connectivity index is 4.40. The molecule has 1 N–H and O–H groups in total. The average Bonchev–Trinajstić information content (AvgIpc) is 2.32. The third kappa shape index (κ3) is 6.47. The van der Waals surface area contributed by atoms with Crippen LogP contribution >= 0.6 is 0 Å². The number of esters is 1. The van der Waals surface area contributed by atoms with Gasteiger partial charge >= 0.3 is 12.1 Å². The molecule has 2 unspecified atom stereocenters. The van der Waals surface area contributed by atoms with E-state index in [1.165, 1.54) is 0 Å². The van der Waals surface area contributed by atoms with Gasteiger partial charge in [0, 0.05) is 0 Å². The van der Waals surface area contributed by atoms with Crippen LogP contribution in [0, 0.1) is 11.8 Å². The van der Waals surface area contributed by atoms with E-state index in [9.17, 15) is 9.59 Å². The Morgan fingerprint density at radius 3 is 2.17 bits per heavy atom. The molecular weight excluding hydrogens is 234 g/mol. The van der Waals surface area contributed by atoms with Crippen molar-refractivity contribution < 1.29 is 19.1 Å². The Hall–Kier alpha value is -1.26. The lowest BCUT2D eigenvalue weighted by molar-refractivity contribution is -0.146. The van der Waals surface area contributed by atoms with Crippen molar-refractivity contribution >= 4 is 12.1 Å². The van der Waals surface area contributed by atoms with Gasteiger partial charge in [0.15, 0.2) is 0 Å². The number of carbonyl (C=O) groups is 2. The molecule has 0 aliphatic heterocycles. The molecule has 2 atom stereocenters. The number of rotatable bonds is 7. The van der Waals surface area contributed by atoms with E-state index in [0.717, 1.165) is 6.42 Å². The maximum atomic E-state index is 11.7. The van der Waals surface area contributed by atoms with Gasteiger partial charge in [0.05, 0.1) is 13.2 Å². The van der Waals surface area contributed by atoms with Crippen LogP contribution in [0.25, 0.3) is 0 Å². The van der Waals surface area contributed by atoms with Crippen LogP contribution < -0.4 is 5.32 Å². The summed E-state index contributed by atoms with van der Waals surface area (Å²) < 4.78 is 9.94. The standard InChI is InChI=1S/C13H25NO4/c1-6-10(5)11(12(15)17-7-2)14-13(16)18-8-9(3)4/h9-11H,6-8H2,1-5H3,(H,14,16). The molecule has 0 rings (SSSR count). The van der Waals surface area contributed by atoms with Crippen LogP contribution in [-0.2, 0) is 14.3 Å². The van der Waals surface area contributed by atoms with Gasteiger partial charge < -0.3 is 14.8 Å². The zero-order chi connectivity index (χ0) is 14.1. The zero-order valence-electron chi connectivity index (χ0n) is 12.0. The maximum absolute atomic E-state index is 11.7. The van der Waals surface area contributed by atoms with Gasteiger partial charge in [-0.1, -0.05) is 34.1 Å². The van der Waals surface area contributed by atoms with E-state index in [1.54, 1.807) is 6.92 Å². The van der Waals surface area contributed by atoms with Crippen molar-refractivity contribution in [2.24, 2.45) is 11.8 Å². The fraction of sp³-hybridized carbons (Fsp3) is 0.846. The molecule has 0 radical (unpaired) electrons. The number of ether oxygens (including phenoxy) is 2. The molecule has 0 saturated heterocycles. The van der Waals surface area contributed by atoms with Gasteiger partial charge in [-0.05, 0) is 18.8 Å². The molecule has 0 aromatic heterocycles. The van der Waals surface area contributed by atoms with Crippen molar-refractivity contribution in [3.8, 4) is 0 Å². The molecule has 5 nitrogen and oxygen atoms in total. The second-order valence-electron chi connectivity index (χ2n) is 4.75. The molecule has 0 aliphatic rings. The second-order valence-corrected chi connectivity index (χ2v) is 4.75. The van der Waals surface area contributed by atoms with Crippen molar-refractivity contribution in [3.63, 3.8) is 0 Å². The molecule has 1 amide bonds. The second kappa shape index (κ2) is 8.78. The van der Waals surface area contributed by atoms with E-state index >= 15 is 0 Å². The van der Waals surface area contributed by atoms with Gasteiger partial charge in [-0.15, -0.1) is 0 Å². The monoisotopic (exact) mass is 259 g/mol. The molecule has 0 aliphatic carbocycles. The smallest absolute Gasteiger partial charge is 0.407 e. The first-order valence-electron chi connectivity index (χ1n) is 6.52. The summed E-state index contributed by atoms with van der Waals surface area (Å²) in [6.07, 6.45) is 0.204. The highest BCUT2D eigenvalue weighted by molar-refractivity contribution is 5.81. The molecule has 0 aromatic carbocycles. The Morgan fingerprint density at radius 1 is 1.11 bits per heavy atom. The zero-order valence-corrected chi connectivity index (χ0v) is 12.0. The highest BCUT2D eigenvalue weighted by Gasteiger charge is 2.27. The first-order chi connectivity index (χ1) is 8.42. The topological polar surface area (TPSA) is 64.6 Å². The number of carbonyl (C=O) groups excluding carboxylic acids is 2. The van der Waals surface area contributed by atoms with Crippen molar-refractivity contribution in [1.82, 2.24) is 5.32 Å². The molecule has 0 saturated carbocycles. The summed E-state index contributed by atoms with van der Waals surface area (Å²) in [4.78, 5) is 23.3. The van der Waals surface area contributed by atoms with Gasteiger partial charge in [0.25, 0.3) is 0 Å². The fourth-order valence-electron chi connectivity index (χ4n) is 1.31. The first-order valence-corrected chi connectivity index (χ1v) is 6.52. The fourth-order valence-corrected chi connectivity index (χ4v) is 1.31. The van der Waals surface area contributed by atoms with Gasteiger partial charge in [-0.25, -0.2) is 9.59 Å². The van der Waals surface area contributed by atoms with Gasteiger partial charge in [0.2, 0.25) is 0 Å². The van der Waals surface area contributed by atoms with Crippen molar-refractivity contribution in [1.29, 1.82) is 0 Å². The summed E-state index contributed by atoms with van der Waals surface area (Å²) in [6.45, 7) is 10.1. The minimum atomic E-state index is -0.644. The van der Waals surface area contributed by atoms with E-state index in [0.29, 0.717) is 13.2 Å². The summed E-state index contributed by atoms with van der Waals surface area (Å²) in [6, 6.07) is -0.644. The number of nitrogens with one attached hydrogen (secondary N) is 1. The number of alkyl carbamates (subject to hydrolysis) is 1. The van der Waals surface area contributed by atoms with E-state index in [4.69, 9.17) is 9.47 Å². The first kappa shape index (κ1) is 16.7. The molecular formula is C13H25NO4. The molecule has 5 heteroatoms. The van der Waals surface area contributed by atoms with Crippen molar-refractivity contribution in [2.45, 2.75) is 47.1 Å². The maximum Gasteiger partial charge on any atom is 0.407 e. The Bertz CT molecular complexity index is 266. The Kier molecular flexibility index (Phi) is 8.16. The summed E-state index contributed by atoms with van der Waals surface area (Å²) in [5.41, 5.74) is 0. The largest absolute Gasteiger partial charge is 0.464 e. The predicted octanol–water partition coefficient (Wildman–Crippen LogP) is 2.35. The van der Waals surface area contributed by atoms with Gasteiger partial charge in [-0.2, -0.15) is 0 Å².